The number of hydrogen-bond acceptors (Lipinski definition) is 6. The van der Waals surface area contributed by atoms with Gasteiger partial charge in [-0.25, -0.2) is 9.97 Å². The van der Waals surface area contributed by atoms with Crippen LogP contribution in [0.4, 0.5) is 5.82 Å². The van der Waals surface area contributed by atoms with Crippen LogP contribution in [0.2, 0.25) is 5.02 Å². The van der Waals surface area contributed by atoms with Crippen LogP contribution in [0.1, 0.15) is 18.2 Å². The normalized spacial score (nSPS) is 16.8. The summed E-state index contributed by atoms with van der Waals surface area (Å²) in [6.07, 6.45) is 1.43. The Bertz CT molecular complexity index is 1420. The van der Waals surface area contributed by atoms with Gasteiger partial charge in [-0.3, -0.25) is 14.5 Å². The Balaban J connectivity index is 1.35. The summed E-state index contributed by atoms with van der Waals surface area (Å²) in [5.41, 5.74) is 9.63. The van der Waals surface area contributed by atoms with Gasteiger partial charge in [-0.15, -0.1) is 0 Å². The number of anilines is 1. The summed E-state index contributed by atoms with van der Waals surface area (Å²) in [5.74, 6) is 0.307. The lowest BCUT2D eigenvalue weighted by atomic mass is 10.1. The smallest absolute Gasteiger partial charge is 0.237 e. The van der Waals surface area contributed by atoms with E-state index in [1.54, 1.807) is 0 Å². The second-order valence-electron chi connectivity index (χ2n) is 8.92. The first-order valence-electron chi connectivity index (χ1n) is 11.4. The van der Waals surface area contributed by atoms with Crippen molar-refractivity contribution < 1.29 is 9.59 Å². The lowest BCUT2D eigenvalue weighted by Crippen LogP contribution is -2.58. The third-order valence-electron chi connectivity index (χ3n) is 6.29. The highest BCUT2D eigenvalue weighted by Gasteiger charge is 2.33. The predicted octanol–water partition coefficient (Wildman–Crippen LogP) is 2.70. The average Bonchev–Trinajstić information content (AvgIpc) is 3.21. The van der Waals surface area contributed by atoms with Gasteiger partial charge in [0, 0.05) is 60.1 Å². The maximum absolute atomic E-state index is 13.3. The van der Waals surface area contributed by atoms with E-state index in [9.17, 15) is 9.59 Å². The van der Waals surface area contributed by atoms with Gasteiger partial charge in [0.15, 0.2) is 0 Å². The predicted molar refractivity (Wildman–Crippen MR) is 136 cm³/mol. The van der Waals surface area contributed by atoms with E-state index in [1.165, 1.54) is 13.3 Å². The highest BCUT2D eigenvalue weighted by atomic mass is 35.5. The Morgan fingerprint density at radius 3 is 2.89 bits per heavy atom. The van der Waals surface area contributed by atoms with Crippen molar-refractivity contribution in [3.8, 4) is 0 Å². The molecule has 1 atom stereocenters. The molecule has 0 saturated carbocycles. The van der Waals surface area contributed by atoms with Gasteiger partial charge in [-0.05, 0) is 42.0 Å². The summed E-state index contributed by atoms with van der Waals surface area (Å²) in [7, 11) is 0. The van der Waals surface area contributed by atoms with Gasteiger partial charge in [-0.1, -0.05) is 17.7 Å². The fourth-order valence-electron chi connectivity index (χ4n) is 4.63. The topological polar surface area (TPSA) is 120 Å². The molecule has 1 fully saturated rings. The number of hydrogen-bond donors (Lipinski definition) is 3. The molecule has 1 saturated heterocycles. The summed E-state index contributed by atoms with van der Waals surface area (Å²) in [4.78, 5) is 40.6. The Morgan fingerprint density at radius 2 is 2.06 bits per heavy atom. The Labute approximate surface area is 207 Å². The molecule has 0 spiro atoms. The van der Waals surface area contributed by atoms with Crippen molar-refractivity contribution >= 4 is 51.0 Å². The highest BCUT2D eigenvalue weighted by Crippen LogP contribution is 2.24. The number of nitrogens with zero attached hydrogens (tertiary/aromatic N) is 4. The maximum atomic E-state index is 13.3. The van der Waals surface area contributed by atoms with Gasteiger partial charge in [-0.2, -0.15) is 0 Å². The fourth-order valence-corrected chi connectivity index (χ4v) is 4.81. The van der Waals surface area contributed by atoms with Crippen molar-refractivity contribution in [2.45, 2.75) is 26.1 Å². The number of aromatic nitrogens is 3. The molecule has 2 aromatic carbocycles. The van der Waals surface area contributed by atoms with Crippen LogP contribution in [0.15, 0.2) is 48.8 Å². The molecule has 5 rings (SSSR count). The van der Waals surface area contributed by atoms with Gasteiger partial charge in [0.05, 0.1) is 18.1 Å². The molecule has 2 aromatic heterocycles. The first-order chi connectivity index (χ1) is 16.9. The molecule has 180 valence electrons. The van der Waals surface area contributed by atoms with Crippen molar-refractivity contribution in [1.82, 2.24) is 30.1 Å². The van der Waals surface area contributed by atoms with Crippen molar-refractivity contribution in [3.63, 3.8) is 0 Å². The van der Waals surface area contributed by atoms with Gasteiger partial charge in [0.25, 0.3) is 0 Å². The number of aromatic amines is 1. The summed E-state index contributed by atoms with van der Waals surface area (Å²) in [6.45, 7) is 3.79. The lowest BCUT2D eigenvalue weighted by Gasteiger charge is -2.41. The number of halogens is 1. The Kier molecular flexibility index (Phi) is 6.27. The summed E-state index contributed by atoms with van der Waals surface area (Å²) < 4.78 is 0. The van der Waals surface area contributed by atoms with E-state index in [0.717, 1.165) is 33.1 Å². The minimum absolute atomic E-state index is 0.00746. The van der Waals surface area contributed by atoms with Crippen LogP contribution in [0, 0.1) is 0 Å². The van der Waals surface area contributed by atoms with E-state index in [-0.39, 0.29) is 24.4 Å². The number of benzene rings is 2. The van der Waals surface area contributed by atoms with Crippen LogP contribution >= 0.6 is 11.6 Å². The molecule has 0 radical (unpaired) electrons. The van der Waals surface area contributed by atoms with Gasteiger partial charge < -0.3 is 20.9 Å². The molecule has 0 aliphatic carbocycles. The average molecular weight is 492 g/mol. The number of carbonyl (C=O) groups excluding carboxylic acids is 2. The zero-order valence-electron chi connectivity index (χ0n) is 19.3. The van der Waals surface area contributed by atoms with Crippen LogP contribution in [0.3, 0.4) is 0 Å². The Hall–Kier alpha value is -3.69. The molecule has 3 heterocycles. The number of carbonyl (C=O) groups is 2. The molecule has 0 bridgehead atoms. The number of H-pyrrole nitrogens is 1. The zero-order chi connectivity index (χ0) is 24.5. The van der Waals surface area contributed by atoms with Gasteiger partial charge >= 0.3 is 0 Å². The number of fused-ring (bicyclic) bond motifs is 2. The largest absolute Gasteiger partial charge is 0.383 e. The number of nitrogens with two attached hydrogens (primary N) is 1. The quantitative estimate of drug-likeness (QED) is 0.381. The minimum atomic E-state index is -0.176. The van der Waals surface area contributed by atoms with E-state index >= 15 is 0 Å². The molecule has 9 nitrogen and oxygen atoms in total. The summed E-state index contributed by atoms with van der Waals surface area (Å²) in [5, 5.41) is 5.38. The first-order valence-corrected chi connectivity index (χ1v) is 11.8. The molecule has 1 unspecified atom stereocenters. The number of piperazine rings is 1. The molecule has 1 aliphatic heterocycles. The number of rotatable bonds is 6. The van der Waals surface area contributed by atoms with E-state index < -0.39 is 0 Å². The third-order valence-corrected chi connectivity index (χ3v) is 6.53. The highest BCUT2D eigenvalue weighted by molar-refractivity contribution is 6.31. The van der Waals surface area contributed by atoms with Gasteiger partial charge in [0.1, 0.15) is 12.1 Å². The summed E-state index contributed by atoms with van der Waals surface area (Å²) >= 11 is 6.12. The molecule has 35 heavy (non-hydrogen) atoms. The molecule has 10 heteroatoms. The number of nitrogens with one attached hydrogen (secondary N) is 2. The third kappa shape index (κ3) is 5.06. The second kappa shape index (κ2) is 9.52. The minimum Gasteiger partial charge on any atom is -0.383 e. The number of nitrogen functional groups attached to an aromatic ring is 1. The van der Waals surface area contributed by atoms with Crippen LogP contribution in [-0.4, -0.2) is 62.2 Å². The van der Waals surface area contributed by atoms with Crippen LogP contribution in [-0.2, 0) is 22.7 Å². The lowest BCUT2D eigenvalue weighted by molar-refractivity contribution is -0.141. The SMILES string of the molecule is CC(=O)NCC1CN(Cc2cc3cc(Cl)ccc3[nH]2)CC(=O)N1Cc1ccc2c(N)ncnc2c1. The van der Waals surface area contributed by atoms with Gasteiger partial charge in [0.2, 0.25) is 11.8 Å². The van der Waals surface area contributed by atoms with E-state index in [2.05, 4.69) is 31.2 Å². The first kappa shape index (κ1) is 23.1. The zero-order valence-corrected chi connectivity index (χ0v) is 20.0. The maximum Gasteiger partial charge on any atom is 0.237 e. The van der Waals surface area contributed by atoms with E-state index in [4.69, 9.17) is 17.3 Å². The van der Waals surface area contributed by atoms with Crippen molar-refractivity contribution in [2.24, 2.45) is 0 Å². The van der Waals surface area contributed by atoms with Crippen molar-refractivity contribution in [2.75, 3.05) is 25.4 Å². The van der Waals surface area contributed by atoms with Crippen LogP contribution in [0.5, 0.6) is 0 Å². The van der Waals surface area contributed by atoms with E-state index in [1.807, 2.05) is 41.3 Å². The molecule has 4 N–H and O–H groups in total. The Morgan fingerprint density at radius 1 is 1.20 bits per heavy atom. The fraction of sp³-hybridized carbons (Fsp3) is 0.280. The second-order valence-corrected chi connectivity index (χ2v) is 9.36. The van der Waals surface area contributed by atoms with Crippen molar-refractivity contribution in [1.29, 1.82) is 0 Å². The summed E-state index contributed by atoms with van der Waals surface area (Å²) in [6, 6.07) is 13.3. The molecule has 4 aromatic rings. The number of amides is 2. The van der Waals surface area contributed by atoms with E-state index in [0.29, 0.717) is 37.0 Å². The monoisotopic (exact) mass is 491 g/mol. The molecular weight excluding hydrogens is 466 g/mol. The van der Waals surface area contributed by atoms with Crippen molar-refractivity contribution in [3.05, 3.63) is 65.1 Å². The standard InChI is InChI=1S/C25H26ClN7O2/c1-15(34)28-9-20-12-32(11-19-8-17-7-18(26)3-5-22(17)31-19)13-24(35)33(20)10-16-2-4-21-23(6-16)29-14-30-25(21)27/h2-8,14,20,31H,9-13H2,1H3,(H,28,34)(H2,27,29,30). The molecular formula is C25H26ClN7O2. The van der Waals surface area contributed by atoms with Crippen LogP contribution < -0.4 is 11.1 Å². The van der Waals surface area contributed by atoms with Crippen LogP contribution in [0.25, 0.3) is 21.8 Å². The molecule has 2 amide bonds. The molecule has 1 aliphatic rings.